The molecule has 5 nitrogen and oxygen atoms in total. The number of ether oxygens (including phenoxy) is 2. The van der Waals surface area contributed by atoms with Crippen LogP contribution in [0.4, 0.5) is 0 Å². The largest absolute Gasteiger partial charge is 0.493 e. The normalized spacial score (nSPS) is 18.7. The zero-order chi connectivity index (χ0) is 15.2. The molecule has 1 aromatic carbocycles. The number of rotatable bonds is 7. The molecule has 1 saturated heterocycles. The molecule has 21 heavy (non-hydrogen) atoms. The molecule has 1 aliphatic rings. The number of methoxy groups -OCH3 is 2. The van der Waals surface area contributed by atoms with Crippen LogP contribution in [-0.4, -0.2) is 43.3 Å². The van der Waals surface area contributed by atoms with E-state index in [2.05, 4.69) is 4.90 Å². The first-order valence-electron chi connectivity index (χ1n) is 7.27. The summed E-state index contributed by atoms with van der Waals surface area (Å²) in [5, 5.41) is 8.74. The number of benzene rings is 1. The molecule has 1 fully saturated rings. The van der Waals surface area contributed by atoms with E-state index in [4.69, 9.17) is 14.6 Å². The first-order valence-corrected chi connectivity index (χ1v) is 7.27. The van der Waals surface area contributed by atoms with Crippen molar-refractivity contribution in [3.8, 4) is 11.5 Å². The predicted octanol–water partition coefficient (Wildman–Crippen LogP) is 2.39. The SMILES string of the molecule is COc1ccc(CN2CCC(CCC(=O)O)C2)cc1OC. The number of likely N-dealkylation sites (tertiary alicyclic amines) is 1. The average Bonchev–Trinajstić information content (AvgIpc) is 2.92. The molecular weight excluding hydrogens is 270 g/mol. The van der Waals surface area contributed by atoms with Gasteiger partial charge in [0.2, 0.25) is 0 Å². The standard InChI is InChI=1S/C16H23NO4/c1-20-14-5-3-13(9-15(14)21-2)11-17-8-7-12(10-17)4-6-16(18)19/h3,5,9,12H,4,6-8,10-11H2,1-2H3,(H,18,19). The van der Waals surface area contributed by atoms with Crippen molar-refractivity contribution in [2.75, 3.05) is 27.3 Å². The zero-order valence-electron chi connectivity index (χ0n) is 12.7. The van der Waals surface area contributed by atoms with E-state index in [1.54, 1.807) is 14.2 Å². The Hall–Kier alpha value is -1.75. The lowest BCUT2D eigenvalue weighted by molar-refractivity contribution is -0.137. The summed E-state index contributed by atoms with van der Waals surface area (Å²) in [4.78, 5) is 13.0. The number of hydrogen-bond donors (Lipinski definition) is 1. The number of carboxylic acids is 1. The van der Waals surface area contributed by atoms with Crippen LogP contribution in [0.2, 0.25) is 0 Å². The van der Waals surface area contributed by atoms with E-state index < -0.39 is 5.97 Å². The van der Waals surface area contributed by atoms with E-state index in [0.717, 1.165) is 44.0 Å². The summed E-state index contributed by atoms with van der Waals surface area (Å²) >= 11 is 0. The lowest BCUT2D eigenvalue weighted by Crippen LogP contribution is -2.20. The van der Waals surface area contributed by atoms with Crippen LogP contribution in [0.1, 0.15) is 24.8 Å². The highest BCUT2D eigenvalue weighted by Crippen LogP contribution is 2.29. The van der Waals surface area contributed by atoms with Gasteiger partial charge in [-0.2, -0.15) is 0 Å². The third kappa shape index (κ3) is 4.36. The minimum absolute atomic E-state index is 0.273. The summed E-state index contributed by atoms with van der Waals surface area (Å²) < 4.78 is 10.6. The number of hydrogen-bond acceptors (Lipinski definition) is 4. The van der Waals surface area contributed by atoms with Gasteiger partial charge >= 0.3 is 5.97 Å². The van der Waals surface area contributed by atoms with Crippen molar-refractivity contribution < 1.29 is 19.4 Å². The fourth-order valence-corrected chi connectivity index (χ4v) is 2.86. The Balaban J connectivity index is 1.89. The van der Waals surface area contributed by atoms with Crippen LogP contribution in [0.5, 0.6) is 11.5 Å². The van der Waals surface area contributed by atoms with Gasteiger partial charge in [-0.3, -0.25) is 9.69 Å². The van der Waals surface area contributed by atoms with Gasteiger partial charge in [0, 0.05) is 19.5 Å². The topological polar surface area (TPSA) is 59.0 Å². The summed E-state index contributed by atoms with van der Waals surface area (Å²) in [6, 6.07) is 5.97. The summed E-state index contributed by atoms with van der Waals surface area (Å²) in [5.41, 5.74) is 1.19. The smallest absolute Gasteiger partial charge is 0.303 e. The molecule has 1 aromatic rings. The molecule has 0 amide bonds. The van der Waals surface area contributed by atoms with E-state index in [1.165, 1.54) is 5.56 Å². The van der Waals surface area contributed by atoms with Gasteiger partial charge in [0.1, 0.15) is 0 Å². The van der Waals surface area contributed by atoms with Crippen LogP contribution in [0, 0.1) is 5.92 Å². The van der Waals surface area contributed by atoms with Gasteiger partial charge in [-0.05, 0) is 43.0 Å². The van der Waals surface area contributed by atoms with E-state index >= 15 is 0 Å². The number of carbonyl (C=O) groups is 1. The highest BCUT2D eigenvalue weighted by Gasteiger charge is 2.23. The summed E-state index contributed by atoms with van der Waals surface area (Å²) in [7, 11) is 3.27. The van der Waals surface area contributed by atoms with Gasteiger partial charge in [0.05, 0.1) is 14.2 Å². The first-order chi connectivity index (χ1) is 10.1. The summed E-state index contributed by atoms with van der Waals surface area (Å²) in [6.07, 6.45) is 2.13. The molecule has 0 spiro atoms. The molecule has 0 saturated carbocycles. The summed E-state index contributed by atoms with van der Waals surface area (Å²) in [6.45, 7) is 2.87. The molecular formula is C16H23NO4. The van der Waals surface area contributed by atoms with Gasteiger partial charge in [-0.15, -0.1) is 0 Å². The highest BCUT2D eigenvalue weighted by molar-refractivity contribution is 5.66. The molecule has 1 unspecified atom stereocenters. The maximum Gasteiger partial charge on any atom is 0.303 e. The molecule has 5 heteroatoms. The minimum atomic E-state index is -0.701. The Bertz CT molecular complexity index is 489. The van der Waals surface area contributed by atoms with Gasteiger partial charge in [0.15, 0.2) is 11.5 Å². The Kier molecular flexibility index (Phi) is 5.44. The zero-order valence-corrected chi connectivity index (χ0v) is 12.7. The molecule has 0 aliphatic carbocycles. The van der Waals surface area contributed by atoms with Gasteiger partial charge < -0.3 is 14.6 Å². The predicted molar refractivity (Wildman–Crippen MR) is 79.8 cm³/mol. The van der Waals surface area contributed by atoms with Crippen molar-refractivity contribution in [1.29, 1.82) is 0 Å². The van der Waals surface area contributed by atoms with Crippen molar-refractivity contribution in [3.05, 3.63) is 23.8 Å². The second kappa shape index (κ2) is 7.31. The van der Waals surface area contributed by atoms with Gasteiger partial charge in [0.25, 0.3) is 0 Å². The van der Waals surface area contributed by atoms with Crippen LogP contribution in [0.25, 0.3) is 0 Å². The lowest BCUT2D eigenvalue weighted by atomic mass is 10.0. The van der Waals surface area contributed by atoms with Crippen molar-refractivity contribution in [1.82, 2.24) is 4.90 Å². The molecule has 1 heterocycles. The lowest BCUT2D eigenvalue weighted by Gasteiger charge is -2.17. The monoisotopic (exact) mass is 293 g/mol. The Labute approximate surface area is 125 Å². The quantitative estimate of drug-likeness (QED) is 0.836. The van der Waals surface area contributed by atoms with Crippen LogP contribution < -0.4 is 9.47 Å². The Morgan fingerprint density at radius 1 is 1.33 bits per heavy atom. The van der Waals surface area contributed by atoms with Crippen molar-refractivity contribution in [3.63, 3.8) is 0 Å². The van der Waals surface area contributed by atoms with Gasteiger partial charge in [-0.25, -0.2) is 0 Å². The molecule has 116 valence electrons. The fraction of sp³-hybridized carbons (Fsp3) is 0.562. The number of aliphatic carboxylic acids is 1. The van der Waals surface area contributed by atoms with E-state index in [0.29, 0.717) is 5.92 Å². The van der Waals surface area contributed by atoms with Crippen LogP contribution in [-0.2, 0) is 11.3 Å². The molecule has 2 rings (SSSR count). The van der Waals surface area contributed by atoms with E-state index in [-0.39, 0.29) is 6.42 Å². The third-order valence-corrected chi connectivity index (χ3v) is 3.99. The average molecular weight is 293 g/mol. The second-order valence-corrected chi connectivity index (χ2v) is 5.51. The summed E-state index contributed by atoms with van der Waals surface area (Å²) in [5.74, 6) is 1.29. The Morgan fingerprint density at radius 2 is 2.10 bits per heavy atom. The first kappa shape index (κ1) is 15.6. The molecule has 0 radical (unpaired) electrons. The van der Waals surface area contributed by atoms with Crippen LogP contribution in [0.3, 0.4) is 0 Å². The van der Waals surface area contributed by atoms with E-state index in [1.807, 2.05) is 18.2 Å². The maximum atomic E-state index is 10.6. The van der Waals surface area contributed by atoms with Gasteiger partial charge in [-0.1, -0.05) is 6.07 Å². The van der Waals surface area contributed by atoms with E-state index in [9.17, 15) is 4.79 Å². The molecule has 1 aliphatic heterocycles. The van der Waals surface area contributed by atoms with Crippen molar-refractivity contribution >= 4 is 5.97 Å². The third-order valence-electron chi connectivity index (χ3n) is 3.99. The van der Waals surface area contributed by atoms with Crippen LogP contribution >= 0.6 is 0 Å². The second-order valence-electron chi connectivity index (χ2n) is 5.51. The van der Waals surface area contributed by atoms with Crippen molar-refractivity contribution in [2.45, 2.75) is 25.8 Å². The maximum absolute atomic E-state index is 10.6. The van der Waals surface area contributed by atoms with Crippen molar-refractivity contribution in [2.24, 2.45) is 5.92 Å². The number of carboxylic acid groups (broad SMARTS) is 1. The Morgan fingerprint density at radius 3 is 2.76 bits per heavy atom. The molecule has 1 N–H and O–H groups in total. The molecule has 0 aromatic heterocycles. The fourth-order valence-electron chi connectivity index (χ4n) is 2.86. The van der Waals surface area contributed by atoms with Crippen LogP contribution in [0.15, 0.2) is 18.2 Å². The molecule has 1 atom stereocenters. The number of nitrogens with zero attached hydrogens (tertiary/aromatic N) is 1. The highest BCUT2D eigenvalue weighted by atomic mass is 16.5. The minimum Gasteiger partial charge on any atom is -0.493 e. The molecule has 0 bridgehead atoms.